The van der Waals surface area contributed by atoms with E-state index in [2.05, 4.69) is 26.1 Å². The molecule has 0 spiro atoms. The van der Waals surface area contributed by atoms with Gasteiger partial charge in [-0.05, 0) is 35.8 Å². The van der Waals surface area contributed by atoms with Gasteiger partial charge in [0.05, 0.1) is 11.5 Å². The summed E-state index contributed by atoms with van der Waals surface area (Å²) in [6.45, 7) is 7.06. The first kappa shape index (κ1) is 27.3. The molecule has 1 aromatic rings. The van der Waals surface area contributed by atoms with Crippen LogP contribution in [0.15, 0.2) is 23.0 Å². The van der Waals surface area contributed by atoms with Gasteiger partial charge in [-0.15, -0.1) is 0 Å². The molecule has 11 heteroatoms. The number of aliphatic hydroxyl groups excluding tert-OH is 2. The molecule has 3 aliphatic carbocycles. The summed E-state index contributed by atoms with van der Waals surface area (Å²) in [6, 6.07) is 1.78. The number of phenols is 1. The number of phenolic OH excluding ortho intramolecular Hbond substituents is 1. The Morgan fingerprint density at radius 3 is 2.32 bits per heavy atom. The number of primary amides is 1. The van der Waals surface area contributed by atoms with Crippen LogP contribution in [0.25, 0.3) is 5.76 Å². The van der Waals surface area contributed by atoms with Crippen LogP contribution in [0.4, 0.5) is 5.69 Å². The zero-order valence-electron chi connectivity index (χ0n) is 22.0. The van der Waals surface area contributed by atoms with E-state index in [4.69, 9.17) is 5.73 Å². The van der Waals surface area contributed by atoms with Gasteiger partial charge in [0.15, 0.2) is 5.76 Å². The number of nitrogens with zero attached hydrogens (tertiary/aromatic N) is 1. The average Bonchev–Trinajstić information content (AvgIpc) is 2.79. The minimum atomic E-state index is -3.02. The molecule has 0 bridgehead atoms. The van der Waals surface area contributed by atoms with Gasteiger partial charge in [-0.2, -0.15) is 0 Å². The third-order valence-corrected chi connectivity index (χ3v) is 7.49. The molecular formula is C27H33N3O8. The molecule has 1 aromatic carbocycles. The van der Waals surface area contributed by atoms with Crippen molar-refractivity contribution in [3.8, 4) is 5.75 Å². The van der Waals surface area contributed by atoms with E-state index in [9.17, 15) is 39.6 Å². The van der Waals surface area contributed by atoms with Gasteiger partial charge in [-0.1, -0.05) is 20.8 Å². The number of Topliss-reactive ketones (excluding diaryl/α,β-unsaturated/α-hetero) is 3. The summed E-state index contributed by atoms with van der Waals surface area (Å²) in [4.78, 5) is 53.2. The van der Waals surface area contributed by atoms with Gasteiger partial charge in [0, 0.05) is 44.0 Å². The van der Waals surface area contributed by atoms with Crippen molar-refractivity contribution in [2.24, 2.45) is 23.0 Å². The molecule has 3 atom stereocenters. The molecule has 0 saturated heterocycles. The van der Waals surface area contributed by atoms with Crippen LogP contribution >= 0.6 is 0 Å². The summed E-state index contributed by atoms with van der Waals surface area (Å²) in [7, 11) is 3.58. The summed E-state index contributed by atoms with van der Waals surface area (Å²) in [5.41, 5.74) is 2.32. The number of benzene rings is 1. The monoisotopic (exact) mass is 527 g/mol. The van der Waals surface area contributed by atoms with Gasteiger partial charge < -0.3 is 36.4 Å². The third kappa shape index (κ3) is 3.97. The molecule has 0 radical (unpaired) electrons. The molecule has 2 unspecified atom stereocenters. The number of hydrogen-bond donors (Lipinski definition) is 6. The normalized spacial score (nSPS) is 25.3. The average molecular weight is 528 g/mol. The number of hydrogen-bond acceptors (Lipinski definition) is 10. The lowest BCUT2D eigenvalue weighted by molar-refractivity contribution is -0.163. The number of amides is 1. The van der Waals surface area contributed by atoms with Crippen molar-refractivity contribution < 1.29 is 39.6 Å². The highest BCUT2D eigenvalue weighted by Crippen LogP contribution is 2.52. The Morgan fingerprint density at radius 1 is 1.13 bits per heavy atom. The summed E-state index contributed by atoms with van der Waals surface area (Å²) < 4.78 is 0. The van der Waals surface area contributed by atoms with Crippen molar-refractivity contribution in [2.45, 2.75) is 45.8 Å². The topological polar surface area (TPSA) is 190 Å². The first-order valence-electron chi connectivity index (χ1n) is 12.3. The number of carbonyl (C=O) groups excluding carboxylic acids is 4. The van der Waals surface area contributed by atoms with Crippen LogP contribution in [0.5, 0.6) is 5.75 Å². The fraction of sp³-hybridized carbons (Fsp3) is 0.481. The predicted octanol–water partition coefficient (Wildman–Crippen LogP) is 0.805. The first-order valence-corrected chi connectivity index (χ1v) is 12.3. The van der Waals surface area contributed by atoms with E-state index in [1.165, 1.54) is 0 Å². The molecule has 7 N–H and O–H groups in total. The third-order valence-electron chi connectivity index (χ3n) is 7.49. The zero-order chi connectivity index (χ0) is 28.5. The zero-order valence-corrected chi connectivity index (χ0v) is 22.0. The molecule has 0 aliphatic heterocycles. The molecule has 1 saturated carbocycles. The van der Waals surface area contributed by atoms with Crippen molar-refractivity contribution in [1.82, 2.24) is 5.32 Å². The Balaban J connectivity index is 1.88. The number of allylic oxidation sites excluding steroid dienone is 1. The minimum Gasteiger partial charge on any atom is -0.507 e. The number of rotatable bonds is 5. The molecular weight excluding hydrogens is 494 g/mol. The predicted molar refractivity (Wildman–Crippen MR) is 137 cm³/mol. The van der Waals surface area contributed by atoms with E-state index >= 15 is 0 Å². The Labute approximate surface area is 219 Å². The van der Waals surface area contributed by atoms with Crippen LogP contribution in [0.3, 0.4) is 0 Å². The van der Waals surface area contributed by atoms with Gasteiger partial charge in [-0.25, -0.2) is 0 Å². The van der Waals surface area contributed by atoms with Gasteiger partial charge in [0.2, 0.25) is 23.0 Å². The Kier molecular flexibility index (Phi) is 6.44. The Bertz CT molecular complexity index is 1350. The standard InChI is InChI=1S/C27H33N3O8/c1-26(2,3)10-29-9-12-8-15(30(4)5)13-6-11-7-14-20(32)22(34)18(25(28)37)24(36)27(14,38)23(35)16(11)21(33)17(13)19(12)31/h8,11,14,29,31,33-34,38H,6-7,9-10H2,1-5H3,(H2,28,37)/t11?,14?,27-/m0/s1. The van der Waals surface area contributed by atoms with E-state index in [0.29, 0.717) is 23.4 Å². The number of nitrogens with two attached hydrogens (primary N) is 1. The molecule has 3 aliphatic rings. The lowest BCUT2D eigenvalue weighted by Gasteiger charge is -2.45. The van der Waals surface area contributed by atoms with E-state index in [1.54, 1.807) is 25.1 Å². The summed E-state index contributed by atoms with van der Waals surface area (Å²) in [6.07, 6.45) is -0.150. The maximum Gasteiger partial charge on any atom is 0.256 e. The van der Waals surface area contributed by atoms with Crippen LogP contribution < -0.4 is 16.0 Å². The smallest absolute Gasteiger partial charge is 0.256 e. The van der Waals surface area contributed by atoms with Crippen LogP contribution in [-0.4, -0.2) is 69.9 Å². The van der Waals surface area contributed by atoms with Crippen molar-refractivity contribution in [2.75, 3.05) is 25.5 Å². The molecule has 1 amide bonds. The molecule has 4 rings (SSSR count). The lowest BCUT2D eigenvalue weighted by Crippen LogP contribution is -2.64. The molecule has 1 fully saturated rings. The summed E-state index contributed by atoms with van der Waals surface area (Å²) >= 11 is 0. The first-order chi connectivity index (χ1) is 17.5. The Morgan fingerprint density at radius 2 is 1.76 bits per heavy atom. The van der Waals surface area contributed by atoms with E-state index in [1.807, 2.05) is 0 Å². The highest BCUT2D eigenvalue weighted by atomic mass is 16.3. The highest BCUT2D eigenvalue weighted by Gasteiger charge is 2.64. The second-order valence-electron chi connectivity index (χ2n) is 11.6. The summed E-state index contributed by atoms with van der Waals surface area (Å²) in [5.74, 6) is -9.85. The van der Waals surface area contributed by atoms with Crippen LogP contribution in [0.1, 0.15) is 43.9 Å². The van der Waals surface area contributed by atoms with Crippen LogP contribution in [0.2, 0.25) is 0 Å². The number of nitrogens with one attached hydrogen (secondary N) is 1. The molecule has 0 heterocycles. The van der Waals surface area contributed by atoms with Crippen molar-refractivity contribution >= 4 is 34.7 Å². The van der Waals surface area contributed by atoms with Gasteiger partial charge >= 0.3 is 0 Å². The van der Waals surface area contributed by atoms with Crippen molar-refractivity contribution in [3.05, 3.63) is 39.7 Å². The second-order valence-corrected chi connectivity index (χ2v) is 11.6. The quantitative estimate of drug-likeness (QED) is 0.236. The van der Waals surface area contributed by atoms with Crippen LogP contribution in [-0.2, 0) is 32.1 Å². The molecule has 204 valence electrons. The lowest BCUT2D eigenvalue weighted by atomic mass is 9.58. The van der Waals surface area contributed by atoms with E-state index < -0.39 is 57.8 Å². The molecule has 0 aromatic heterocycles. The second kappa shape index (κ2) is 8.95. The maximum absolute atomic E-state index is 13.7. The fourth-order valence-electron chi connectivity index (χ4n) is 5.68. The van der Waals surface area contributed by atoms with Gasteiger partial charge in [0.25, 0.3) is 5.91 Å². The highest BCUT2D eigenvalue weighted by molar-refractivity contribution is 6.37. The largest absolute Gasteiger partial charge is 0.507 e. The van der Waals surface area contributed by atoms with Gasteiger partial charge in [0.1, 0.15) is 17.1 Å². The molecule has 38 heavy (non-hydrogen) atoms. The number of aromatic hydroxyl groups is 1. The number of anilines is 1. The number of ketones is 3. The van der Waals surface area contributed by atoms with Gasteiger partial charge in [-0.3, -0.25) is 19.2 Å². The van der Waals surface area contributed by atoms with Crippen molar-refractivity contribution in [3.63, 3.8) is 0 Å². The van der Waals surface area contributed by atoms with E-state index in [-0.39, 0.29) is 41.7 Å². The number of carbonyl (C=O) groups is 4. The fourth-order valence-corrected chi connectivity index (χ4v) is 5.68. The maximum atomic E-state index is 13.7. The molecule has 11 nitrogen and oxygen atoms in total. The number of fused-ring (bicyclic) bond motifs is 3. The summed E-state index contributed by atoms with van der Waals surface area (Å²) in [5, 5.41) is 47.4. The Hall–Kier alpha value is -3.70. The minimum absolute atomic E-state index is 0.00788. The van der Waals surface area contributed by atoms with Crippen molar-refractivity contribution in [1.29, 1.82) is 0 Å². The van der Waals surface area contributed by atoms with Crippen LogP contribution in [0, 0.1) is 17.3 Å². The number of aliphatic hydroxyl groups is 3. The van der Waals surface area contributed by atoms with E-state index in [0.717, 1.165) is 0 Å². The SMILES string of the molecule is CN(C)c1cc(CNCC(C)(C)C)c(O)c2c1CC1CC3C(=O)C(O)=C(C(N)=O)C(=O)[C@@]3(O)C(=O)C1=C2O.